The highest BCUT2D eigenvalue weighted by Gasteiger charge is 2.07. The highest BCUT2D eigenvalue weighted by molar-refractivity contribution is 5.40. The second-order valence-electron chi connectivity index (χ2n) is 3.33. The van der Waals surface area contributed by atoms with Crippen molar-refractivity contribution in [3.05, 3.63) is 24.5 Å². The van der Waals surface area contributed by atoms with Crippen molar-refractivity contribution < 1.29 is 4.74 Å². The van der Waals surface area contributed by atoms with Crippen molar-refractivity contribution in [2.45, 2.75) is 0 Å². The van der Waals surface area contributed by atoms with Gasteiger partial charge in [-0.15, -0.1) is 5.10 Å². The predicted octanol–water partition coefficient (Wildman–Crippen LogP) is 0.303. The van der Waals surface area contributed by atoms with Crippen LogP contribution in [0.3, 0.4) is 0 Å². The van der Waals surface area contributed by atoms with Crippen LogP contribution in [0.5, 0.6) is 0 Å². The van der Waals surface area contributed by atoms with E-state index in [1.54, 1.807) is 24.2 Å². The Hall–Kier alpha value is -2.15. The lowest BCUT2D eigenvalue weighted by Crippen LogP contribution is -2.09. The third-order valence-electron chi connectivity index (χ3n) is 2.13. The van der Waals surface area contributed by atoms with Gasteiger partial charge in [0, 0.05) is 26.0 Å². The third-order valence-corrected chi connectivity index (χ3v) is 2.13. The van der Waals surface area contributed by atoms with E-state index >= 15 is 0 Å². The van der Waals surface area contributed by atoms with E-state index in [0.717, 1.165) is 5.69 Å². The molecule has 0 saturated heterocycles. The van der Waals surface area contributed by atoms with Gasteiger partial charge in [-0.25, -0.2) is 0 Å². The zero-order chi connectivity index (χ0) is 12.1. The SMILES string of the molecule is COCCNc1nc(N)n(-c2ccncc2)n1. The summed E-state index contributed by atoms with van der Waals surface area (Å²) in [5.41, 5.74) is 6.60. The molecule has 7 heteroatoms. The first-order chi connectivity index (χ1) is 8.31. The van der Waals surface area contributed by atoms with Gasteiger partial charge in [0.1, 0.15) is 0 Å². The van der Waals surface area contributed by atoms with Crippen molar-refractivity contribution in [3.63, 3.8) is 0 Å². The molecule has 2 aromatic rings. The molecule has 17 heavy (non-hydrogen) atoms. The molecule has 0 aromatic carbocycles. The van der Waals surface area contributed by atoms with Crippen LogP contribution in [0.1, 0.15) is 0 Å². The fourth-order valence-corrected chi connectivity index (χ4v) is 1.34. The molecule has 7 nitrogen and oxygen atoms in total. The first kappa shape index (κ1) is 11.3. The van der Waals surface area contributed by atoms with Gasteiger partial charge in [-0.05, 0) is 12.1 Å². The number of hydrogen-bond acceptors (Lipinski definition) is 6. The van der Waals surface area contributed by atoms with E-state index in [1.165, 1.54) is 0 Å². The normalized spacial score (nSPS) is 10.4. The molecule has 0 radical (unpaired) electrons. The molecular weight excluding hydrogens is 220 g/mol. The quantitative estimate of drug-likeness (QED) is 0.723. The fourth-order valence-electron chi connectivity index (χ4n) is 1.34. The summed E-state index contributed by atoms with van der Waals surface area (Å²) in [7, 11) is 1.64. The second-order valence-corrected chi connectivity index (χ2v) is 3.33. The first-order valence-electron chi connectivity index (χ1n) is 5.17. The lowest BCUT2D eigenvalue weighted by molar-refractivity contribution is 0.210. The maximum atomic E-state index is 5.78. The van der Waals surface area contributed by atoms with Gasteiger partial charge >= 0.3 is 0 Å². The van der Waals surface area contributed by atoms with Crippen LogP contribution >= 0.6 is 0 Å². The Kier molecular flexibility index (Phi) is 3.51. The van der Waals surface area contributed by atoms with E-state index in [2.05, 4.69) is 20.4 Å². The van der Waals surface area contributed by atoms with E-state index < -0.39 is 0 Å². The van der Waals surface area contributed by atoms with Crippen molar-refractivity contribution >= 4 is 11.9 Å². The molecule has 90 valence electrons. The Morgan fingerprint density at radius 3 is 2.88 bits per heavy atom. The minimum absolute atomic E-state index is 0.330. The number of ether oxygens (including phenoxy) is 1. The Labute approximate surface area is 98.6 Å². The second kappa shape index (κ2) is 5.26. The van der Waals surface area contributed by atoms with Crippen LogP contribution in [0.15, 0.2) is 24.5 Å². The van der Waals surface area contributed by atoms with Crippen LogP contribution in [-0.4, -0.2) is 40.0 Å². The molecule has 0 aliphatic rings. The number of nitrogens with zero attached hydrogens (tertiary/aromatic N) is 4. The Balaban J connectivity index is 2.14. The Bertz CT molecular complexity index is 469. The van der Waals surface area contributed by atoms with Crippen molar-refractivity contribution in [1.29, 1.82) is 0 Å². The molecule has 2 rings (SSSR count). The Morgan fingerprint density at radius 1 is 1.41 bits per heavy atom. The van der Waals surface area contributed by atoms with Crippen LogP contribution in [0, 0.1) is 0 Å². The summed E-state index contributed by atoms with van der Waals surface area (Å²) >= 11 is 0. The van der Waals surface area contributed by atoms with E-state index in [0.29, 0.717) is 25.0 Å². The van der Waals surface area contributed by atoms with Crippen LogP contribution in [0.25, 0.3) is 5.69 Å². The van der Waals surface area contributed by atoms with Gasteiger partial charge in [0.05, 0.1) is 12.3 Å². The van der Waals surface area contributed by atoms with E-state index in [-0.39, 0.29) is 0 Å². The number of nitrogen functional groups attached to an aromatic ring is 1. The number of anilines is 2. The van der Waals surface area contributed by atoms with Crippen molar-refractivity contribution in [2.24, 2.45) is 0 Å². The van der Waals surface area contributed by atoms with Crippen LogP contribution in [-0.2, 0) is 4.74 Å². The van der Waals surface area contributed by atoms with Crippen LogP contribution in [0.2, 0.25) is 0 Å². The number of nitrogens with two attached hydrogens (primary N) is 1. The maximum absolute atomic E-state index is 5.78. The molecule has 0 aliphatic carbocycles. The van der Waals surface area contributed by atoms with E-state index in [1.807, 2.05) is 12.1 Å². The first-order valence-corrected chi connectivity index (χ1v) is 5.17. The van der Waals surface area contributed by atoms with Gasteiger partial charge in [-0.1, -0.05) is 0 Å². The molecule has 2 heterocycles. The minimum Gasteiger partial charge on any atom is -0.383 e. The smallest absolute Gasteiger partial charge is 0.244 e. The molecule has 0 saturated carbocycles. The van der Waals surface area contributed by atoms with Gasteiger partial charge in [-0.2, -0.15) is 9.67 Å². The van der Waals surface area contributed by atoms with Gasteiger partial charge in [0.2, 0.25) is 11.9 Å². The molecule has 0 amide bonds. The largest absolute Gasteiger partial charge is 0.383 e. The number of rotatable bonds is 5. The molecule has 0 unspecified atom stereocenters. The zero-order valence-corrected chi connectivity index (χ0v) is 9.50. The van der Waals surface area contributed by atoms with Gasteiger partial charge in [-0.3, -0.25) is 4.98 Å². The van der Waals surface area contributed by atoms with Crippen LogP contribution < -0.4 is 11.1 Å². The monoisotopic (exact) mass is 234 g/mol. The number of methoxy groups -OCH3 is 1. The summed E-state index contributed by atoms with van der Waals surface area (Å²) in [6.45, 7) is 1.22. The lowest BCUT2D eigenvalue weighted by Gasteiger charge is -2.00. The highest BCUT2D eigenvalue weighted by atomic mass is 16.5. The summed E-state index contributed by atoms with van der Waals surface area (Å²) in [5.74, 6) is 0.812. The molecule has 2 aromatic heterocycles. The van der Waals surface area contributed by atoms with Gasteiger partial charge in [0.15, 0.2) is 0 Å². The molecular formula is C10H14N6O. The summed E-state index contributed by atoms with van der Waals surface area (Å²) < 4.78 is 6.47. The number of pyridine rings is 1. The lowest BCUT2D eigenvalue weighted by atomic mass is 10.4. The number of hydrogen-bond donors (Lipinski definition) is 2. The van der Waals surface area contributed by atoms with Gasteiger partial charge < -0.3 is 15.8 Å². The fraction of sp³-hybridized carbons (Fsp3) is 0.300. The molecule has 0 aliphatic heterocycles. The van der Waals surface area contributed by atoms with Gasteiger partial charge in [0.25, 0.3) is 0 Å². The van der Waals surface area contributed by atoms with Crippen molar-refractivity contribution in [2.75, 3.05) is 31.3 Å². The molecule has 0 atom stereocenters. The molecule has 0 bridgehead atoms. The minimum atomic E-state index is 0.330. The zero-order valence-electron chi connectivity index (χ0n) is 9.50. The van der Waals surface area contributed by atoms with Crippen molar-refractivity contribution in [1.82, 2.24) is 19.7 Å². The molecule has 0 spiro atoms. The number of aromatic nitrogens is 4. The standard InChI is InChI=1S/C10H14N6O/c1-17-7-6-13-10-14-9(11)16(15-10)8-2-4-12-5-3-8/h2-5H,6-7H2,1H3,(H3,11,13,14,15). The number of nitrogens with one attached hydrogen (secondary N) is 1. The Morgan fingerprint density at radius 2 is 2.18 bits per heavy atom. The summed E-state index contributed by atoms with van der Waals surface area (Å²) in [6.07, 6.45) is 3.35. The summed E-state index contributed by atoms with van der Waals surface area (Å²) in [5, 5.41) is 7.25. The van der Waals surface area contributed by atoms with E-state index in [9.17, 15) is 0 Å². The van der Waals surface area contributed by atoms with Crippen molar-refractivity contribution in [3.8, 4) is 5.69 Å². The average Bonchev–Trinajstić information content (AvgIpc) is 2.72. The predicted molar refractivity (Wildman–Crippen MR) is 63.9 cm³/mol. The topological polar surface area (TPSA) is 90.9 Å². The summed E-state index contributed by atoms with van der Waals surface area (Å²) in [4.78, 5) is 8.03. The molecule has 3 N–H and O–H groups in total. The van der Waals surface area contributed by atoms with E-state index in [4.69, 9.17) is 10.5 Å². The summed E-state index contributed by atoms with van der Waals surface area (Å²) in [6, 6.07) is 3.62. The third kappa shape index (κ3) is 2.70. The maximum Gasteiger partial charge on any atom is 0.244 e. The highest BCUT2D eigenvalue weighted by Crippen LogP contribution is 2.11. The average molecular weight is 234 g/mol. The molecule has 0 fully saturated rings. The van der Waals surface area contributed by atoms with Crippen LogP contribution in [0.4, 0.5) is 11.9 Å².